The summed E-state index contributed by atoms with van der Waals surface area (Å²) in [6.07, 6.45) is 0. The molecule has 0 unspecified atom stereocenters. The minimum absolute atomic E-state index is 0.500. The molecule has 0 aliphatic rings. The smallest absolute Gasteiger partial charge is 0.0411 e. The van der Waals surface area contributed by atoms with Crippen LogP contribution in [0.25, 0.3) is 0 Å². The fraction of sp³-hybridized carbons (Fsp3) is 1.00. The van der Waals surface area contributed by atoms with Crippen molar-refractivity contribution in [3.05, 3.63) is 0 Å². The Bertz CT molecular complexity index is 91.6. The summed E-state index contributed by atoms with van der Waals surface area (Å²) in [5.74, 6) is 1.67. The van der Waals surface area contributed by atoms with Gasteiger partial charge in [-0.3, -0.25) is 0 Å². The average Bonchev–Trinajstić information content (AvgIpc) is 1.70. The van der Waals surface area contributed by atoms with Crippen molar-refractivity contribution >= 4 is 0 Å². The molecule has 0 heteroatoms. The van der Waals surface area contributed by atoms with E-state index in [9.17, 15) is 0 Å². The lowest BCUT2D eigenvalue weighted by Crippen LogP contribution is -1.93. The zero-order valence-corrected chi connectivity index (χ0v) is 16.2. The van der Waals surface area contributed by atoms with Gasteiger partial charge < -0.3 is 0 Å². The SMILES string of the molecule is CC(C)(C)C.CC(C)(C)C.CC(C)C.CC(C)C. The topological polar surface area (TPSA) is 0 Å². The largest absolute Gasteiger partial charge is 0.0630 e. The van der Waals surface area contributed by atoms with E-state index >= 15 is 0 Å². The molecule has 0 amide bonds. The van der Waals surface area contributed by atoms with Crippen LogP contribution in [0.2, 0.25) is 0 Å². The van der Waals surface area contributed by atoms with E-state index in [4.69, 9.17) is 0 Å². The molecule has 0 radical (unpaired) electrons. The van der Waals surface area contributed by atoms with Crippen LogP contribution in [-0.2, 0) is 0 Å². The predicted octanol–water partition coefficient (Wildman–Crippen LogP) is 7.43. The maximum atomic E-state index is 2.19. The maximum absolute atomic E-state index is 2.19. The van der Waals surface area contributed by atoms with Crippen molar-refractivity contribution in [1.29, 1.82) is 0 Å². The van der Waals surface area contributed by atoms with Gasteiger partial charge in [0, 0.05) is 0 Å². The Labute approximate surface area is 120 Å². The van der Waals surface area contributed by atoms with Crippen LogP contribution in [0.3, 0.4) is 0 Å². The molecule has 0 heterocycles. The van der Waals surface area contributed by atoms with Crippen LogP contribution in [0.5, 0.6) is 0 Å². The number of rotatable bonds is 0. The zero-order chi connectivity index (χ0) is 16.2. The molecule has 0 aromatic rings. The molecule has 0 atom stereocenters. The highest BCUT2D eigenvalue weighted by molar-refractivity contribution is 4.47. The highest BCUT2D eigenvalue weighted by Gasteiger charge is 1.96. The quantitative estimate of drug-likeness (QED) is 0.425. The molecule has 0 aliphatic carbocycles. The van der Waals surface area contributed by atoms with Crippen molar-refractivity contribution in [2.24, 2.45) is 22.7 Å². The summed E-state index contributed by atoms with van der Waals surface area (Å²) < 4.78 is 0. The van der Waals surface area contributed by atoms with Crippen LogP contribution < -0.4 is 0 Å². The minimum atomic E-state index is 0.500. The first-order valence-corrected chi connectivity index (χ1v) is 7.46. The Morgan fingerprint density at radius 3 is 0.389 bits per heavy atom. The molecule has 0 fully saturated rings. The second-order valence-corrected chi connectivity index (χ2v) is 9.46. The van der Waals surface area contributed by atoms with Gasteiger partial charge in [-0.2, -0.15) is 0 Å². The van der Waals surface area contributed by atoms with Crippen molar-refractivity contribution in [2.75, 3.05) is 0 Å². The van der Waals surface area contributed by atoms with Gasteiger partial charge in [-0.05, 0) is 22.7 Å². The molecule has 0 bridgehead atoms. The van der Waals surface area contributed by atoms with E-state index in [-0.39, 0.29) is 0 Å². The van der Waals surface area contributed by atoms with Gasteiger partial charge in [-0.15, -0.1) is 0 Å². The summed E-state index contributed by atoms with van der Waals surface area (Å²) in [5.41, 5.74) is 1.00. The molecule has 0 nitrogen and oxygen atoms in total. The molecule has 18 heavy (non-hydrogen) atoms. The minimum Gasteiger partial charge on any atom is -0.0630 e. The Morgan fingerprint density at radius 2 is 0.389 bits per heavy atom. The molecule has 0 N–H and O–H groups in total. The first kappa shape index (κ1) is 26.5. The highest BCUT2D eigenvalue weighted by Crippen LogP contribution is 2.08. The van der Waals surface area contributed by atoms with Crippen molar-refractivity contribution in [2.45, 2.75) is 96.9 Å². The molecular weight excluding hydrogens is 216 g/mol. The second kappa shape index (κ2) is 13.4. The summed E-state index contributed by atoms with van der Waals surface area (Å²) in [6, 6.07) is 0. The van der Waals surface area contributed by atoms with Gasteiger partial charge in [0.15, 0.2) is 0 Å². The van der Waals surface area contributed by atoms with E-state index in [2.05, 4.69) is 96.9 Å². The molecular formula is C18H44. The van der Waals surface area contributed by atoms with Gasteiger partial charge in [0.1, 0.15) is 0 Å². The van der Waals surface area contributed by atoms with Crippen LogP contribution in [-0.4, -0.2) is 0 Å². The van der Waals surface area contributed by atoms with Crippen molar-refractivity contribution in [3.63, 3.8) is 0 Å². The van der Waals surface area contributed by atoms with Crippen LogP contribution >= 0.6 is 0 Å². The van der Waals surface area contributed by atoms with Gasteiger partial charge in [0.25, 0.3) is 0 Å². The average molecular weight is 261 g/mol. The van der Waals surface area contributed by atoms with Gasteiger partial charge in [0.2, 0.25) is 0 Å². The lowest BCUT2D eigenvalue weighted by atomic mass is 10.0. The predicted molar refractivity (Wildman–Crippen MR) is 91.3 cm³/mol. The lowest BCUT2D eigenvalue weighted by Gasteiger charge is -2.05. The fourth-order valence-electron chi connectivity index (χ4n) is 0. The van der Waals surface area contributed by atoms with E-state index in [0.29, 0.717) is 10.8 Å². The summed E-state index contributed by atoms with van der Waals surface area (Å²) in [6.45, 7) is 30.5. The zero-order valence-electron chi connectivity index (χ0n) is 16.2. The fourth-order valence-corrected chi connectivity index (χ4v) is 0. The lowest BCUT2D eigenvalue weighted by molar-refractivity contribution is 0.469. The van der Waals surface area contributed by atoms with Crippen molar-refractivity contribution in [3.8, 4) is 0 Å². The Balaban J connectivity index is -0.0000000731. The molecule has 0 saturated heterocycles. The molecule has 0 rings (SSSR count). The summed E-state index contributed by atoms with van der Waals surface area (Å²) >= 11 is 0. The van der Waals surface area contributed by atoms with Crippen molar-refractivity contribution in [1.82, 2.24) is 0 Å². The van der Waals surface area contributed by atoms with Gasteiger partial charge in [-0.1, -0.05) is 96.9 Å². The molecule has 0 aromatic heterocycles. The van der Waals surface area contributed by atoms with E-state index < -0.39 is 0 Å². The number of hydrogen-bond donors (Lipinski definition) is 0. The summed E-state index contributed by atoms with van der Waals surface area (Å²) in [5, 5.41) is 0. The summed E-state index contributed by atoms with van der Waals surface area (Å²) in [4.78, 5) is 0. The Kier molecular flexibility index (Phi) is 19.8. The first-order valence-electron chi connectivity index (χ1n) is 7.46. The number of hydrogen-bond acceptors (Lipinski definition) is 0. The van der Waals surface area contributed by atoms with Crippen LogP contribution in [0.4, 0.5) is 0 Å². The Hall–Kier alpha value is 0. The van der Waals surface area contributed by atoms with E-state index in [1.165, 1.54) is 0 Å². The van der Waals surface area contributed by atoms with Crippen LogP contribution in [0, 0.1) is 22.7 Å². The third kappa shape index (κ3) is 0. The molecule has 0 spiro atoms. The van der Waals surface area contributed by atoms with E-state index in [1.54, 1.807) is 0 Å². The normalized spacial score (nSPS) is 10.7. The Morgan fingerprint density at radius 1 is 0.389 bits per heavy atom. The molecule has 0 aliphatic heterocycles. The third-order valence-corrected chi connectivity index (χ3v) is 0. The first-order chi connectivity index (χ1) is 7.46. The van der Waals surface area contributed by atoms with Gasteiger partial charge >= 0.3 is 0 Å². The van der Waals surface area contributed by atoms with E-state index in [1.807, 2.05) is 0 Å². The van der Waals surface area contributed by atoms with Crippen molar-refractivity contribution < 1.29 is 0 Å². The van der Waals surface area contributed by atoms with Crippen LogP contribution in [0.15, 0.2) is 0 Å². The summed E-state index contributed by atoms with van der Waals surface area (Å²) in [7, 11) is 0. The molecule has 0 aromatic carbocycles. The van der Waals surface area contributed by atoms with Gasteiger partial charge in [-0.25, -0.2) is 0 Å². The monoisotopic (exact) mass is 260 g/mol. The van der Waals surface area contributed by atoms with Gasteiger partial charge in [0.05, 0.1) is 0 Å². The van der Waals surface area contributed by atoms with E-state index in [0.717, 1.165) is 11.8 Å². The maximum Gasteiger partial charge on any atom is -0.0411 e. The second-order valence-electron chi connectivity index (χ2n) is 9.46. The highest BCUT2D eigenvalue weighted by atomic mass is 14.0. The third-order valence-electron chi connectivity index (χ3n) is 0. The molecule has 116 valence electrons. The standard InChI is InChI=1S/2C5H12.2C4H10/c2*1-5(2,3)4;2*1-4(2)3/h2*1-4H3;2*4H,1-3H3. The van der Waals surface area contributed by atoms with Crippen LogP contribution in [0.1, 0.15) is 96.9 Å². The molecule has 0 saturated carbocycles.